The third-order valence-electron chi connectivity index (χ3n) is 8.47. The van der Waals surface area contributed by atoms with Crippen LogP contribution >= 0.6 is 11.6 Å². The molecule has 232 valence electrons. The number of hydrogen-bond donors (Lipinski definition) is 3. The van der Waals surface area contributed by atoms with Crippen molar-refractivity contribution in [2.45, 2.75) is 88.8 Å². The third-order valence-corrected chi connectivity index (χ3v) is 8.70. The predicted octanol–water partition coefficient (Wildman–Crippen LogP) is 5.66. The van der Waals surface area contributed by atoms with E-state index in [4.69, 9.17) is 16.3 Å². The summed E-state index contributed by atoms with van der Waals surface area (Å²) in [5.41, 5.74) is 1.90. The summed E-state index contributed by atoms with van der Waals surface area (Å²) in [6, 6.07) is 14.8. The molecule has 1 saturated carbocycles. The number of carbonyl (C=O) groups excluding carboxylic acids is 3. The highest BCUT2D eigenvalue weighted by Gasteiger charge is 2.31. The molecular weight excluding hydrogens is 570 g/mol. The average Bonchev–Trinajstić information content (AvgIpc) is 3.02. The number of piperidine rings is 1. The van der Waals surface area contributed by atoms with Crippen molar-refractivity contribution in [3.63, 3.8) is 0 Å². The van der Waals surface area contributed by atoms with Crippen molar-refractivity contribution in [1.29, 1.82) is 0 Å². The summed E-state index contributed by atoms with van der Waals surface area (Å²) < 4.78 is 5.34. The van der Waals surface area contributed by atoms with Gasteiger partial charge in [-0.15, -0.1) is 0 Å². The summed E-state index contributed by atoms with van der Waals surface area (Å²) in [5, 5.41) is 15.7. The van der Waals surface area contributed by atoms with Crippen LogP contribution in [0.2, 0.25) is 5.02 Å². The van der Waals surface area contributed by atoms with Crippen LogP contribution in [0, 0.1) is 5.92 Å². The SMILES string of the molecule is O=C(N[C@@H](CC1CCCCC1)C(=O)N[C@@H](CCC(=O)N1CCCC(c2ccccc2)C1)C(=O)O)OCc1cccc(Cl)c1. The van der Waals surface area contributed by atoms with Gasteiger partial charge >= 0.3 is 12.1 Å². The van der Waals surface area contributed by atoms with Crippen LogP contribution in [0.3, 0.4) is 0 Å². The molecule has 0 spiro atoms. The summed E-state index contributed by atoms with van der Waals surface area (Å²) in [6.45, 7) is 1.21. The number of hydrogen-bond acceptors (Lipinski definition) is 5. The van der Waals surface area contributed by atoms with Gasteiger partial charge in [0.25, 0.3) is 0 Å². The van der Waals surface area contributed by atoms with Crippen LogP contribution < -0.4 is 10.6 Å². The normalized spacial score (nSPS) is 18.7. The molecule has 3 amide bonds. The number of aliphatic carboxylic acids is 1. The van der Waals surface area contributed by atoms with E-state index >= 15 is 0 Å². The van der Waals surface area contributed by atoms with Crippen molar-refractivity contribution < 1.29 is 29.0 Å². The number of alkyl carbamates (subject to hydrolysis) is 1. The third kappa shape index (κ3) is 10.3. The Hall–Kier alpha value is -3.59. The minimum atomic E-state index is -1.26. The molecule has 1 aliphatic heterocycles. The Morgan fingerprint density at radius 3 is 2.42 bits per heavy atom. The minimum Gasteiger partial charge on any atom is -0.480 e. The molecule has 9 nitrogen and oxygen atoms in total. The lowest BCUT2D eigenvalue weighted by molar-refractivity contribution is -0.142. The molecule has 0 radical (unpaired) electrons. The van der Waals surface area contributed by atoms with Gasteiger partial charge < -0.3 is 25.4 Å². The summed E-state index contributed by atoms with van der Waals surface area (Å²) in [7, 11) is 0. The Labute approximate surface area is 258 Å². The van der Waals surface area contributed by atoms with Crippen molar-refractivity contribution in [1.82, 2.24) is 15.5 Å². The van der Waals surface area contributed by atoms with Gasteiger partial charge in [-0.05, 0) is 54.9 Å². The van der Waals surface area contributed by atoms with E-state index in [1.807, 2.05) is 18.2 Å². The Kier molecular flexibility index (Phi) is 12.3. The highest BCUT2D eigenvalue weighted by molar-refractivity contribution is 6.30. The van der Waals surface area contributed by atoms with Gasteiger partial charge in [0, 0.05) is 30.5 Å². The van der Waals surface area contributed by atoms with Crippen LogP contribution in [-0.2, 0) is 25.7 Å². The highest BCUT2D eigenvalue weighted by Crippen LogP contribution is 2.28. The molecule has 1 heterocycles. The minimum absolute atomic E-state index is 0.00114. The van der Waals surface area contributed by atoms with E-state index in [9.17, 15) is 24.3 Å². The van der Waals surface area contributed by atoms with Gasteiger partial charge in [0.1, 0.15) is 18.7 Å². The number of carbonyl (C=O) groups is 4. The number of likely N-dealkylation sites (tertiary alicyclic amines) is 1. The Bertz CT molecular complexity index is 1240. The van der Waals surface area contributed by atoms with Gasteiger partial charge in [-0.25, -0.2) is 9.59 Å². The number of rotatable bonds is 12. The number of carboxylic acid groups (broad SMARTS) is 1. The number of halogens is 1. The zero-order valence-corrected chi connectivity index (χ0v) is 25.3. The van der Waals surface area contributed by atoms with Crippen LogP contribution in [0.1, 0.15) is 81.3 Å². The lowest BCUT2D eigenvalue weighted by Crippen LogP contribution is -2.52. The molecule has 1 unspecified atom stereocenters. The van der Waals surface area contributed by atoms with Crippen LogP contribution in [0.15, 0.2) is 54.6 Å². The molecule has 2 aromatic carbocycles. The first-order chi connectivity index (χ1) is 20.8. The fraction of sp³-hybridized carbons (Fsp3) is 0.515. The van der Waals surface area contributed by atoms with Gasteiger partial charge in [-0.3, -0.25) is 9.59 Å². The molecule has 4 rings (SSSR count). The van der Waals surface area contributed by atoms with Crippen LogP contribution in [0.4, 0.5) is 4.79 Å². The molecule has 2 fully saturated rings. The maximum Gasteiger partial charge on any atom is 0.408 e. The maximum atomic E-state index is 13.4. The molecular formula is C33H42ClN3O6. The molecule has 1 aliphatic carbocycles. The Morgan fingerprint density at radius 1 is 0.930 bits per heavy atom. The quantitative estimate of drug-likeness (QED) is 0.284. The van der Waals surface area contributed by atoms with Gasteiger partial charge in [-0.2, -0.15) is 0 Å². The van der Waals surface area contributed by atoms with E-state index < -0.39 is 30.1 Å². The van der Waals surface area contributed by atoms with Crippen LogP contribution in [0.5, 0.6) is 0 Å². The van der Waals surface area contributed by atoms with Crippen molar-refractivity contribution in [3.8, 4) is 0 Å². The smallest absolute Gasteiger partial charge is 0.408 e. The van der Waals surface area contributed by atoms with E-state index in [0.29, 0.717) is 30.1 Å². The van der Waals surface area contributed by atoms with Crippen molar-refractivity contribution >= 4 is 35.5 Å². The van der Waals surface area contributed by atoms with E-state index in [-0.39, 0.29) is 37.2 Å². The molecule has 43 heavy (non-hydrogen) atoms. The Balaban J connectivity index is 1.33. The number of amides is 3. The fourth-order valence-corrected chi connectivity index (χ4v) is 6.32. The first-order valence-corrected chi connectivity index (χ1v) is 15.7. The fourth-order valence-electron chi connectivity index (χ4n) is 6.10. The molecule has 3 atom stereocenters. The molecule has 0 bridgehead atoms. The monoisotopic (exact) mass is 611 g/mol. The van der Waals surface area contributed by atoms with Crippen molar-refractivity contribution in [3.05, 3.63) is 70.7 Å². The maximum absolute atomic E-state index is 13.4. The molecule has 1 saturated heterocycles. The number of carboxylic acids is 1. The topological polar surface area (TPSA) is 125 Å². The summed E-state index contributed by atoms with van der Waals surface area (Å²) >= 11 is 6.01. The lowest BCUT2D eigenvalue weighted by atomic mass is 9.84. The number of nitrogens with zero attached hydrogens (tertiary/aromatic N) is 1. The van der Waals surface area contributed by atoms with E-state index in [1.165, 1.54) is 5.56 Å². The second-order valence-corrected chi connectivity index (χ2v) is 12.1. The number of nitrogens with one attached hydrogen (secondary N) is 2. The zero-order valence-electron chi connectivity index (χ0n) is 24.5. The van der Waals surface area contributed by atoms with Crippen LogP contribution in [0.25, 0.3) is 0 Å². The van der Waals surface area contributed by atoms with Gasteiger partial charge in [0.2, 0.25) is 11.8 Å². The average molecular weight is 612 g/mol. The molecule has 2 aromatic rings. The summed E-state index contributed by atoms with van der Waals surface area (Å²) in [4.78, 5) is 53.1. The largest absolute Gasteiger partial charge is 0.480 e. The molecule has 2 aliphatic rings. The molecule has 10 heteroatoms. The predicted molar refractivity (Wildman–Crippen MR) is 164 cm³/mol. The van der Waals surface area contributed by atoms with Gasteiger partial charge in [-0.1, -0.05) is 86.2 Å². The summed E-state index contributed by atoms with van der Waals surface area (Å²) in [5.74, 6) is -1.45. The lowest BCUT2D eigenvalue weighted by Gasteiger charge is -2.33. The number of benzene rings is 2. The highest BCUT2D eigenvalue weighted by atomic mass is 35.5. The van der Waals surface area contributed by atoms with Gasteiger partial charge in [0.05, 0.1) is 0 Å². The van der Waals surface area contributed by atoms with Crippen molar-refractivity contribution in [2.24, 2.45) is 5.92 Å². The first-order valence-electron chi connectivity index (χ1n) is 15.3. The van der Waals surface area contributed by atoms with E-state index in [1.54, 1.807) is 29.2 Å². The standard InChI is InChI=1S/C33H42ClN3O6/c34-27-15-7-11-24(19-27)22-43-33(42)36-29(20-23-9-3-1-4-10-23)31(39)35-28(32(40)41)16-17-30(38)37-18-8-14-26(21-37)25-12-5-2-6-13-25/h2,5-7,11-13,15,19,23,26,28-29H,1,3-4,8-10,14,16-18,20-22H2,(H,35,39)(H,36,42)(H,40,41)/t26?,28-,29-/m0/s1. The Morgan fingerprint density at radius 2 is 1.70 bits per heavy atom. The van der Waals surface area contributed by atoms with Gasteiger partial charge in [0.15, 0.2) is 0 Å². The summed E-state index contributed by atoms with van der Waals surface area (Å²) in [6.07, 6.45) is 6.60. The van der Waals surface area contributed by atoms with E-state index in [0.717, 1.165) is 44.9 Å². The zero-order chi connectivity index (χ0) is 30.6. The van der Waals surface area contributed by atoms with Crippen molar-refractivity contribution in [2.75, 3.05) is 13.1 Å². The molecule has 3 N–H and O–H groups in total. The second-order valence-electron chi connectivity index (χ2n) is 11.7. The second kappa shape index (κ2) is 16.3. The first kappa shape index (κ1) is 32.3. The molecule has 0 aromatic heterocycles. The van der Waals surface area contributed by atoms with Crippen LogP contribution in [-0.4, -0.2) is 59.1 Å². The number of ether oxygens (including phenoxy) is 1. The van der Waals surface area contributed by atoms with E-state index in [2.05, 4.69) is 22.8 Å².